The van der Waals surface area contributed by atoms with Crippen molar-refractivity contribution in [3.05, 3.63) is 0 Å². The smallest absolute Gasteiger partial charge is 0.190 e. The van der Waals surface area contributed by atoms with Crippen LogP contribution >= 0.6 is 0 Å². The molecule has 3 aliphatic rings. The van der Waals surface area contributed by atoms with Gasteiger partial charge in [0.1, 0.15) is 24.4 Å². The van der Waals surface area contributed by atoms with E-state index in [4.69, 9.17) is 28.4 Å². The molecule has 2 unspecified atom stereocenters. The highest BCUT2D eigenvalue weighted by atomic mass is 16.9. The van der Waals surface area contributed by atoms with Crippen LogP contribution in [0.5, 0.6) is 0 Å². The van der Waals surface area contributed by atoms with Crippen molar-refractivity contribution in [2.24, 2.45) is 0 Å². The standard InChI is InChI=1S/C34H65NO8/c1-7-9-10-11-12-13-14-15-16-17-18-19-20-26(36)22-35(21-8-2)23-27(37)24-38-25-28-29-30(41-33(3,4)40-29)31-32(39-28)43-34(5,6)42-31/h26-32,36-37H,7-25H2,1-6H3/t26?,27?,28-,29+,30+,31-,32-/m1/s1. The number of ether oxygens (including phenoxy) is 6. The number of fused-ring (bicyclic) bond motifs is 3. The minimum atomic E-state index is -0.762. The lowest BCUT2D eigenvalue weighted by atomic mass is 9.99. The molecule has 0 radical (unpaired) electrons. The SMILES string of the molecule is CCCCCCCCCCCCCCC(O)CN(CCC)CC(O)COC[C@H]1O[C@@H]2OC(C)(C)O[C@@H]2[C@H]2OC(C)(C)O[C@H]21. The fourth-order valence-corrected chi connectivity index (χ4v) is 6.68. The fraction of sp³-hybridized carbons (Fsp3) is 1.00. The second kappa shape index (κ2) is 18.7. The highest BCUT2D eigenvalue weighted by Crippen LogP contribution is 2.44. The Bertz CT molecular complexity index is 752. The van der Waals surface area contributed by atoms with Crippen LogP contribution in [0.25, 0.3) is 0 Å². The van der Waals surface area contributed by atoms with Gasteiger partial charge in [0.25, 0.3) is 0 Å². The molecule has 0 saturated carbocycles. The van der Waals surface area contributed by atoms with E-state index in [1.54, 1.807) is 0 Å². The summed E-state index contributed by atoms with van der Waals surface area (Å²) in [4.78, 5) is 2.15. The Balaban J connectivity index is 1.29. The predicted octanol–water partition coefficient (Wildman–Crippen LogP) is 5.92. The second-order valence-corrected chi connectivity index (χ2v) is 14.0. The summed E-state index contributed by atoms with van der Waals surface area (Å²) in [6, 6.07) is 0. The van der Waals surface area contributed by atoms with Gasteiger partial charge in [-0.15, -0.1) is 0 Å². The lowest BCUT2D eigenvalue weighted by molar-refractivity contribution is -0.244. The third kappa shape index (κ3) is 13.1. The molecule has 3 saturated heterocycles. The van der Waals surface area contributed by atoms with Gasteiger partial charge in [-0.25, -0.2) is 0 Å². The number of hydrogen-bond acceptors (Lipinski definition) is 9. The van der Waals surface area contributed by atoms with Gasteiger partial charge in [0.2, 0.25) is 0 Å². The van der Waals surface area contributed by atoms with E-state index in [2.05, 4.69) is 18.7 Å². The number of unbranched alkanes of at least 4 members (excludes halogenated alkanes) is 11. The van der Waals surface area contributed by atoms with Gasteiger partial charge in [-0.3, -0.25) is 4.90 Å². The van der Waals surface area contributed by atoms with Crippen LogP contribution in [0.1, 0.15) is 131 Å². The van der Waals surface area contributed by atoms with Crippen molar-refractivity contribution in [2.45, 2.75) is 186 Å². The number of aliphatic hydroxyl groups is 2. The molecule has 3 aliphatic heterocycles. The van der Waals surface area contributed by atoms with Gasteiger partial charge in [0.15, 0.2) is 17.9 Å². The van der Waals surface area contributed by atoms with Crippen molar-refractivity contribution >= 4 is 0 Å². The maximum Gasteiger partial charge on any atom is 0.190 e. The van der Waals surface area contributed by atoms with Gasteiger partial charge < -0.3 is 38.6 Å². The number of rotatable bonds is 23. The third-order valence-corrected chi connectivity index (χ3v) is 8.71. The second-order valence-electron chi connectivity index (χ2n) is 14.0. The first-order valence-electron chi connectivity index (χ1n) is 17.6. The summed E-state index contributed by atoms with van der Waals surface area (Å²) in [5.41, 5.74) is 0. The average Bonchev–Trinajstić information content (AvgIpc) is 3.43. The van der Waals surface area contributed by atoms with Crippen molar-refractivity contribution in [1.82, 2.24) is 4.90 Å². The first-order valence-corrected chi connectivity index (χ1v) is 17.6. The molecule has 9 heteroatoms. The normalized spacial score (nSPS) is 29.1. The highest BCUT2D eigenvalue weighted by Gasteiger charge is 2.60. The van der Waals surface area contributed by atoms with E-state index in [0.717, 1.165) is 25.8 Å². The molecule has 3 heterocycles. The van der Waals surface area contributed by atoms with Crippen molar-refractivity contribution in [2.75, 3.05) is 32.8 Å². The summed E-state index contributed by atoms with van der Waals surface area (Å²) in [5.74, 6) is -1.52. The Hall–Kier alpha value is -0.360. The molecule has 0 amide bonds. The van der Waals surface area contributed by atoms with Crippen molar-refractivity contribution in [3.8, 4) is 0 Å². The van der Waals surface area contributed by atoms with Gasteiger partial charge in [-0.1, -0.05) is 90.9 Å². The zero-order chi connectivity index (χ0) is 31.3. The van der Waals surface area contributed by atoms with E-state index in [1.807, 2.05) is 27.7 Å². The molecule has 0 spiro atoms. The minimum absolute atomic E-state index is 0.174. The molecule has 7 atom stereocenters. The molecule has 0 aromatic carbocycles. The van der Waals surface area contributed by atoms with Crippen LogP contribution in [0.15, 0.2) is 0 Å². The highest BCUT2D eigenvalue weighted by molar-refractivity contribution is 5.00. The lowest BCUT2D eigenvalue weighted by Gasteiger charge is -2.37. The van der Waals surface area contributed by atoms with Crippen LogP contribution in [0.4, 0.5) is 0 Å². The zero-order valence-electron chi connectivity index (χ0n) is 28.3. The van der Waals surface area contributed by atoms with Crippen LogP contribution < -0.4 is 0 Å². The topological polar surface area (TPSA) is 99.1 Å². The van der Waals surface area contributed by atoms with E-state index in [9.17, 15) is 10.2 Å². The summed E-state index contributed by atoms with van der Waals surface area (Å²) in [6.45, 7) is 14.2. The van der Waals surface area contributed by atoms with E-state index >= 15 is 0 Å². The predicted molar refractivity (Wildman–Crippen MR) is 168 cm³/mol. The molecule has 2 N–H and O–H groups in total. The Kier molecular flexibility index (Phi) is 16.1. The van der Waals surface area contributed by atoms with Crippen molar-refractivity contribution in [3.63, 3.8) is 0 Å². The maximum absolute atomic E-state index is 10.8. The monoisotopic (exact) mass is 615 g/mol. The maximum atomic E-state index is 10.8. The molecular formula is C34H65NO8. The quantitative estimate of drug-likeness (QED) is 0.136. The lowest BCUT2D eigenvalue weighted by Crippen LogP contribution is -2.56. The average molecular weight is 616 g/mol. The van der Waals surface area contributed by atoms with E-state index in [1.165, 1.54) is 70.6 Å². The van der Waals surface area contributed by atoms with Crippen LogP contribution in [-0.2, 0) is 28.4 Å². The van der Waals surface area contributed by atoms with Gasteiger partial charge in [-0.2, -0.15) is 0 Å². The fourth-order valence-electron chi connectivity index (χ4n) is 6.68. The van der Waals surface area contributed by atoms with Crippen LogP contribution in [0.2, 0.25) is 0 Å². The minimum Gasteiger partial charge on any atom is -0.392 e. The Morgan fingerprint density at radius 3 is 1.81 bits per heavy atom. The summed E-state index contributed by atoms with van der Waals surface area (Å²) in [6.07, 6.45) is 14.5. The van der Waals surface area contributed by atoms with Crippen LogP contribution in [0.3, 0.4) is 0 Å². The Morgan fingerprint density at radius 1 is 0.651 bits per heavy atom. The van der Waals surface area contributed by atoms with Gasteiger partial charge in [-0.05, 0) is 47.1 Å². The molecular weight excluding hydrogens is 550 g/mol. The molecule has 3 fully saturated rings. The molecule has 9 nitrogen and oxygen atoms in total. The molecule has 0 aromatic heterocycles. The molecule has 254 valence electrons. The Labute approximate surface area is 262 Å². The third-order valence-electron chi connectivity index (χ3n) is 8.71. The molecule has 3 rings (SSSR count). The largest absolute Gasteiger partial charge is 0.392 e. The molecule has 0 aliphatic carbocycles. The number of aliphatic hydroxyl groups excluding tert-OH is 2. The summed E-state index contributed by atoms with van der Waals surface area (Å²) in [5, 5.41) is 21.5. The van der Waals surface area contributed by atoms with E-state index in [0.29, 0.717) is 13.1 Å². The zero-order valence-corrected chi connectivity index (χ0v) is 28.3. The number of hydrogen-bond donors (Lipinski definition) is 2. The first kappa shape index (κ1) is 37.1. The van der Waals surface area contributed by atoms with Crippen LogP contribution in [0, 0.1) is 0 Å². The van der Waals surface area contributed by atoms with Gasteiger partial charge >= 0.3 is 0 Å². The van der Waals surface area contributed by atoms with Crippen molar-refractivity contribution < 1.29 is 38.6 Å². The summed E-state index contributed by atoms with van der Waals surface area (Å²) < 4.78 is 36.5. The van der Waals surface area contributed by atoms with Crippen molar-refractivity contribution in [1.29, 1.82) is 0 Å². The Morgan fingerprint density at radius 2 is 1.19 bits per heavy atom. The number of nitrogens with zero attached hydrogens (tertiary/aromatic N) is 1. The van der Waals surface area contributed by atoms with Gasteiger partial charge in [0.05, 0.1) is 25.4 Å². The molecule has 0 aromatic rings. The summed E-state index contributed by atoms with van der Waals surface area (Å²) >= 11 is 0. The van der Waals surface area contributed by atoms with E-state index in [-0.39, 0.29) is 37.6 Å². The first-order chi connectivity index (χ1) is 20.5. The molecule has 0 bridgehead atoms. The molecule has 43 heavy (non-hydrogen) atoms. The van der Waals surface area contributed by atoms with Crippen LogP contribution in [-0.4, -0.2) is 102 Å². The van der Waals surface area contributed by atoms with Gasteiger partial charge in [0, 0.05) is 13.1 Å². The summed E-state index contributed by atoms with van der Waals surface area (Å²) in [7, 11) is 0. The van der Waals surface area contributed by atoms with E-state index < -0.39 is 30.1 Å².